The van der Waals surface area contributed by atoms with E-state index in [1.165, 1.54) is 22.2 Å². The molecular weight excluding hydrogens is 240 g/mol. The van der Waals surface area contributed by atoms with Crippen LogP contribution in [0.25, 0.3) is 0 Å². The molecule has 7 heteroatoms. The zero-order valence-electron chi connectivity index (χ0n) is 9.29. The normalized spacial score (nSPS) is 10.4. The average Bonchev–Trinajstić information content (AvgIpc) is 2.85. The minimum Gasteiger partial charge on any atom is -0.458 e. The number of nitrogen functional groups attached to an aromatic ring is 1. The molecule has 17 heavy (non-hydrogen) atoms. The van der Waals surface area contributed by atoms with Gasteiger partial charge in [-0.2, -0.15) is 5.10 Å². The number of aromatic nitrogens is 3. The molecule has 0 aliphatic heterocycles. The predicted molar refractivity (Wildman–Crippen MR) is 63.3 cm³/mol. The summed E-state index contributed by atoms with van der Waals surface area (Å²) in [5.74, 6) is -0.362. The Morgan fingerprint density at radius 3 is 3.06 bits per heavy atom. The maximum Gasteiger partial charge on any atom is 0.328 e. The monoisotopic (exact) mass is 252 g/mol. The third kappa shape index (κ3) is 3.28. The first kappa shape index (κ1) is 11.6. The lowest BCUT2D eigenvalue weighted by Crippen LogP contribution is -2.13. The van der Waals surface area contributed by atoms with Crippen molar-refractivity contribution in [3.63, 3.8) is 0 Å². The summed E-state index contributed by atoms with van der Waals surface area (Å²) in [5.41, 5.74) is 6.76. The minimum absolute atomic E-state index is 0.0559. The Hall–Kier alpha value is -1.89. The summed E-state index contributed by atoms with van der Waals surface area (Å²) >= 11 is 1.53. The van der Waals surface area contributed by atoms with Gasteiger partial charge in [-0.15, -0.1) is 11.3 Å². The third-order valence-corrected chi connectivity index (χ3v) is 2.81. The van der Waals surface area contributed by atoms with Gasteiger partial charge in [0.25, 0.3) is 0 Å². The molecule has 2 aromatic rings. The van der Waals surface area contributed by atoms with Crippen molar-refractivity contribution in [3.8, 4) is 0 Å². The molecule has 2 heterocycles. The average molecular weight is 252 g/mol. The van der Waals surface area contributed by atoms with Crippen LogP contribution < -0.4 is 5.73 Å². The number of hydrogen-bond donors (Lipinski definition) is 1. The van der Waals surface area contributed by atoms with E-state index in [0.29, 0.717) is 5.69 Å². The van der Waals surface area contributed by atoms with E-state index >= 15 is 0 Å². The van der Waals surface area contributed by atoms with Crippen molar-refractivity contribution >= 4 is 23.0 Å². The van der Waals surface area contributed by atoms with Gasteiger partial charge in [0, 0.05) is 11.6 Å². The topological polar surface area (TPSA) is 83.0 Å². The van der Waals surface area contributed by atoms with Crippen molar-refractivity contribution in [2.24, 2.45) is 0 Å². The lowest BCUT2D eigenvalue weighted by Gasteiger charge is -2.02. The van der Waals surface area contributed by atoms with Crippen LogP contribution in [0, 0.1) is 6.92 Å². The molecule has 0 fully saturated rings. The minimum atomic E-state index is -0.362. The second kappa shape index (κ2) is 4.96. The fraction of sp³-hybridized carbons (Fsp3) is 0.300. The van der Waals surface area contributed by atoms with Crippen molar-refractivity contribution < 1.29 is 9.53 Å². The molecule has 0 bridgehead atoms. The van der Waals surface area contributed by atoms with Crippen LogP contribution in [-0.4, -0.2) is 20.7 Å². The van der Waals surface area contributed by atoms with Crippen LogP contribution in [-0.2, 0) is 22.7 Å². The first-order valence-electron chi connectivity index (χ1n) is 4.98. The van der Waals surface area contributed by atoms with Gasteiger partial charge in [0.2, 0.25) is 0 Å². The van der Waals surface area contributed by atoms with Gasteiger partial charge in [-0.05, 0) is 6.92 Å². The van der Waals surface area contributed by atoms with E-state index in [1.54, 1.807) is 6.20 Å². The number of carbonyl (C=O) groups is 1. The van der Waals surface area contributed by atoms with Crippen LogP contribution >= 0.6 is 11.3 Å². The molecule has 6 nitrogen and oxygen atoms in total. The van der Waals surface area contributed by atoms with Gasteiger partial charge < -0.3 is 10.5 Å². The Kier molecular flexibility index (Phi) is 3.38. The van der Waals surface area contributed by atoms with Crippen LogP contribution in [0.4, 0.5) is 5.69 Å². The fourth-order valence-electron chi connectivity index (χ4n) is 1.27. The highest BCUT2D eigenvalue weighted by Gasteiger charge is 2.07. The van der Waals surface area contributed by atoms with Crippen molar-refractivity contribution in [2.75, 3.05) is 5.73 Å². The van der Waals surface area contributed by atoms with E-state index in [9.17, 15) is 4.79 Å². The number of anilines is 1. The molecule has 0 aliphatic carbocycles. The zero-order valence-corrected chi connectivity index (χ0v) is 10.1. The number of nitrogens with zero attached hydrogens (tertiary/aromatic N) is 3. The summed E-state index contributed by atoms with van der Waals surface area (Å²) < 4.78 is 6.49. The van der Waals surface area contributed by atoms with Crippen molar-refractivity contribution in [2.45, 2.75) is 20.1 Å². The molecule has 0 radical (unpaired) electrons. The SMILES string of the molecule is Cc1nc(COC(=O)Cn2cc(N)cn2)cs1. The lowest BCUT2D eigenvalue weighted by atomic mass is 10.5. The van der Waals surface area contributed by atoms with Crippen molar-refractivity contribution in [3.05, 3.63) is 28.5 Å². The third-order valence-electron chi connectivity index (χ3n) is 1.99. The first-order valence-corrected chi connectivity index (χ1v) is 5.86. The zero-order chi connectivity index (χ0) is 12.3. The molecule has 0 unspecified atom stereocenters. The van der Waals surface area contributed by atoms with Crippen LogP contribution in [0.15, 0.2) is 17.8 Å². The molecule has 2 rings (SSSR count). The van der Waals surface area contributed by atoms with Gasteiger partial charge >= 0.3 is 5.97 Å². The molecule has 0 amide bonds. The second-order valence-corrected chi connectivity index (χ2v) is 4.55. The molecular formula is C10H12N4O2S. The Bertz CT molecular complexity index is 520. The van der Waals surface area contributed by atoms with Crippen LogP contribution in [0.2, 0.25) is 0 Å². The van der Waals surface area contributed by atoms with E-state index in [0.717, 1.165) is 10.7 Å². The maximum absolute atomic E-state index is 11.5. The van der Waals surface area contributed by atoms with E-state index in [2.05, 4.69) is 10.1 Å². The molecule has 0 spiro atoms. The summed E-state index contributed by atoms with van der Waals surface area (Å²) in [7, 11) is 0. The number of rotatable bonds is 4. The Morgan fingerprint density at radius 1 is 1.65 bits per heavy atom. The van der Waals surface area contributed by atoms with Gasteiger partial charge in [0.1, 0.15) is 13.2 Å². The molecule has 0 saturated carbocycles. The number of hydrogen-bond acceptors (Lipinski definition) is 6. The first-order chi connectivity index (χ1) is 8.13. The number of esters is 1. The molecule has 90 valence electrons. The van der Waals surface area contributed by atoms with Gasteiger partial charge in [0.15, 0.2) is 0 Å². The molecule has 0 saturated heterocycles. The highest BCUT2D eigenvalue weighted by atomic mass is 32.1. The highest BCUT2D eigenvalue weighted by Crippen LogP contribution is 2.09. The van der Waals surface area contributed by atoms with Gasteiger partial charge in [0.05, 0.1) is 22.6 Å². The molecule has 0 aliphatic rings. The Morgan fingerprint density at radius 2 is 2.47 bits per heavy atom. The number of thiazole rings is 1. The number of aryl methyl sites for hydroxylation is 1. The van der Waals surface area contributed by atoms with Crippen LogP contribution in [0.1, 0.15) is 10.7 Å². The fourth-order valence-corrected chi connectivity index (χ4v) is 1.87. The van der Waals surface area contributed by atoms with Crippen molar-refractivity contribution in [1.29, 1.82) is 0 Å². The summed E-state index contributed by atoms with van der Waals surface area (Å²) in [6, 6.07) is 0. The van der Waals surface area contributed by atoms with Gasteiger partial charge in [-0.25, -0.2) is 4.98 Å². The number of carbonyl (C=O) groups excluding carboxylic acids is 1. The standard InChI is InChI=1S/C10H12N4O2S/c1-7-13-9(6-17-7)5-16-10(15)4-14-3-8(11)2-12-14/h2-3,6H,4-5,11H2,1H3. The molecule has 2 aromatic heterocycles. The van der Waals surface area contributed by atoms with E-state index in [4.69, 9.17) is 10.5 Å². The number of nitrogens with two attached hydrogens (primary N) is 1. The molecule has 0 atom stereocenters. The van der Waals surface area contributed by atoms with E-state index in [1.807, 2.05) is 12.3 Å². The molecule has 0 aromatic carbocycles. The smallest absolute Gasteiger partial charge is 0.328 e. The summed E-state index contributed by atoms with van der Waals surface area (Å²) in [5, 5.41) is 6.72. The predicted octanol–water partition coefficient (Wildman–Crippen LogP) is 0.974. The lowest BCUT2D eigenvalue weighted by molar-refractivity contribution is -0.146. The van der Waals surface area contributed by atoms with Gasteiger partial charge in [-0.3, -0.25) is 9.48 Å². The van der Waals surface area contributed by atoms with Crippen LogP contribution in [0.3, 0.4) is 0 Å². The quantitative estimate of drug-likeness (QED) is 0.820. The van der Waals surface area contributed by atoms with Gasteiger partial charge in [-0.1, -0.05) is 0 Å². The second-order valence-electron chi connectivity index (χ2n) is 3.49. The summed E-state index contributed by atoms with van der Waals surface area (Å²) in [6.07, 6.45) is 3.06. The largest absolute Gasteiger partial charge is 0.458 e. The van der Waals surface area contributed by atoms with Crippen molar-refractivity contribution in [1.82, 2.24) is 14.8 Å². The highest BCUT2D eigenvalue weighted by molar-refractivity contribution is 7.09. The number of ether oxygens (including phenoxy) is 1. The Labute approximate surface area is 102 Å². The van der Waals surface area contributed by atoms with E-state index < -0.39 is 0 Å². The molecule has 2 N–H and O–H groups in total. The summed E-state index contributed by atoms with van der Waals surface area (Å²) in [6.45, 7) is 2.16. The Balaban J connectivity index is 1.82. The van der Waals surface area contributed by atoms with E-state index in [-0.39, 0.29) is 19.1 Å². The van der Waals surface area contributed by atoms with Crippen LogP contribution in [0.5, 0.6) is 0 Å². The maximum atomic E-state index is 11.5. The summed E-state index contributed by atoms with van der Waals surface area (Å²) in [4.78, 5) is 15.6.